The standard InChI is InChI=1S/C12H21N3O2/c1-8(2)11(6-13)12(16)15(4)7-10-5-9(3)17-14-10/h5,8,11H,6-7,13H2,1-4H3. The van der Waals surface area contributed by atoms with Gasteiger partial charge in [-0.3, -0.25) is 4.79 Å². The highest BCUT2D eigenvalue weighted by molar-refractivity contribution is 5.79. The smallest absolute Gasteiger partial charge is 0.227 e. The van der Waals surface area contributed by atoms with Crippen LogP contribution in [0.25, 0.3) is 0 Å². The van der Waals surface area contributed by atoms with Gasteiger partial charge in [0.25, 0.3) is 0 Å². The molecule has 1 atom stereocenters. The van der Waals surface area contributed by atoms with E-state index in [1.54, 1.807) is 11.9 Å². The van der Waals surface area contributed by atoms with Crippen molar-refractivity contribution in [2.75, 3.05) is 13.6 Å². The fourth-order valence-corrected chi connectivity index (χ4v) is 1.75. The summed E-state index contributed by atoms with van der Waals surface area (Å²) in [5.41, 5.74) is 6.39. The Morgan fingerprint density at radius 2 is 2.24 bits per heavy atom. The second kappa shape index (κ2) is 5.82. The minimum Gasteiger partial charge on any atom is -0.361 e. The van der Waals surface area contributed by atoms with E-state index < -0.39 is 0 Å². The third-order valence-electron chi connectivity index (χ3n) is 2.83. The van der Waals surface area contributed by atoms with E-state index >= 15 is 0 Å². The second-order valence-corrected chi connectivity index (χ2v) is 4.71. The fourth-order valence-electron chi connectivity index (χ4n) is 1.75. The van der Waals surface area contributed by atoms with Crippen LogP contribution < -0.4 is 5.73 Å². The minimum atomic E-state index is -0.131. The van der Waals surface area contributed by atoms with Gasteiger partial charge in [-0.15, -0.1) is 0 Å². The highest BCUT2D eigenvalue weighted by Gasteiger charge is 2.24. The molecule has 0 aliphatic carbocycles. The first kappa shape index (κ1) is 13.7. The summed E-state index contributed by atoms with van der Waals surface area (Å²) in [5.74, 6) is 0.922. The van der Waals surface area contributed by atoms with Crippen molar-refractivity contribution in [2.24, 2.45) is 17.6 Å². The normalized spacial score (nSPS) is 12.8. The third-order valence-corrected chi connectivity index (χ3v) is 2.83. The molecule has 5 nitrogen and oxygen atoms in total. The van der Waals surface area contributed by atoms with Gasteiger partial charge in [-0.1, -0.05) is 19.0 Å². The number of amides is 1. The summed E-state index contributed by atoms with van der Waals surface area (Å²) in [5, 5.41) is 3.87. The van der Waals surface area contributed by atoms with Crippen LogP contribution in [0, 0.1) is 18.8 Å². The molecule has 96 valence electrons. The fraction of sp³-hybridized carbons (Fsp3) is 0.667. The first-order valence-corrected chi connectivity index (χ1v) is 5.83. The van der Waals surface area contributed by atoms with Gasteiger partial charge in [-0.2, -0.15) is 0 Å². The summed E-state index contributed by atoms with van der Waals surface area (Å²) in [7, 11) is 1.76. The van der Waals surface area contributed by atoms with Crippen molar-refractivity contribution in [3.05, 3.63) is 17.5 Å². The molecule has 17 heavy (non-hydrogen) atoms. The van der Waals surface area contributed by atoms with E-state index in [2.05, 4.69) is 5.16 Å². The molecule has 0 aromatic carbocycles. The van der Waals surface area contributed by atoms with Crippen molar-refractivity contribution in [1.29, 1.82) is 0 Å². The third kappa shape index (κ3) is 3.56. The molecule has 1 aromatic rings. The van der Waals surface area contributed by atoms with E-state index in [9.17, 15) is 4.79 Å². The topological polar surface area (TPSA) is 72.4 Å². The van der Waals surface area contributed by atoms with Crippen LogP contribution in [0.4, 0.5) is 0 Å². The maximum Gasteiger partial charge on any atom is 0.227 e. The van der Waals surface area contributed by atoms with Crippen molar-refractivity contribution in [2.45, 2.75) is 27.3 Å². The van der Waals surface area contributed by atoms with Crippen LogP contribution in [0.5, 0.6) is 0 Å². The molecule has 2 N–H and O–H groups in total. The van der Waals surface area contributed by atoms with E-state index in [0.29, 0.717) is 13.1 Å². The van der Waals surface area contributed by atoms with E-state index in [1.165, 1.54) is 0 Å². The predicted molar refractivity (Wildman–Crippen MR) is 65.1 cm³/mol. The van der Waals surface area contributed by atoms with Crippen molar-refractivity contribution in [3.63, 3.8) is 0 Å². The molecule has 1 heterocycles. The maximum atomic E-state index is 12.1. The lowest BCUT2D eigenvalue weighted by Gasteiger charge is -2.24. The zero-order chi connectivity index (χ0) is 13.0. The van der Waals surface area contributed by atoms with Crippen LogP contribution in [-0.4, -0.2) is 29.6 Å². The molecule has 0 fully saturated rings. The summed E-state index contributed by atoms with van der Waals surface area (Å²) in [6.07, 6.45) is 0. The molecular weight excluding hydrogens is 218 g/mol. The number of nitrogens with two attached hydrogens (primary N) is 1. The summed E-state index contributed by atoms with van der Waals surface area (Å²) < 4.78 is 4.97. The number of rotatable bonds is 5. The maximum absolute atomic E-state index is 12.1. The van der Waals surface area contributed by atoms with Gasteiger partial charge < -0.3 is 15.2 Å². The first-order chi connectivity index (χ1) is 7.95. The van der Waals surface area contributed by atoms with E-state index in [-0.39, 0.29) is 17.7 Å². The number of carbonyl (C=O) groups is 1. The molecule has 1 aromatic heterocycles. The monoisotopic (exact) mass is 239 g/mol. The summed E-state index contributed by atoms with van der Waals surface area (Å²) in [6, 6.07) is 1.83. The van der Waals surface area contributed by atoms with Gasteiger partial charge in [0.15, 0.2) is 0 Å². The highest BCUT2D eigenvalue weighted by Crippen LogP contribution is 2.14. The Balaban J connectivity index is 2.63. The van der Waals surface area contributed by atoms with Crippen molar-refractivity contribution in [1.82, 2.24) is 10.1 Å². The zero-order valence-corrected chi connectivity index (χ0v) is 10.9. The van der Waals surface area contributed by atoms with Gasteiger partial charge in [0, 0.05) is 19.7 Å². The number of aromatic nitrogens is 1. The Hall–Kier alpha value is -1.36. The summed E-state index contributed by atoms with van der Waals surface area (Å²) in [4.78, 5) is 13.8. The Morgan fingerprint density at radius 3 is 2.65 bits per heavy atom. The summed E-state index contributed by atoms with van der Waals surface area (Å²) >= 11 is 0. The lowest BCUT2D eigenvalue weighted by atomic mass is 9.94. The van der Waals surface area contributed by atoms with Gasteiger partial charge in [-0.25, -0.2) is 0 Å². The molecule has 5 heteroatoms. The molecule has 0 saturated heterocycles. The second-order valence-electron chi connectivity index (χ2n) is 4.71. The molecule has 1 unspecified atom stereocenters. The minimum absolute atomic E-state index is 0.0585. The molecule has 0 aliphatic rings. The Morgan fingerprint density at radius 1 is 1.59 bits per heavy atom. The SMILES string of the molecule is Cc1cc(CN(C)C(=O)C(CN)C(C)C)no1. The molecular formula is C12H21N3O2. The number of nitrogens with zero attached hydrogens (tertiary/aromatic N) is 2. The van der Waals surface area contributed by atoms with Crippen LogP contribution >= 0.6 is 0 Å². The predicted octanol–water partition coefficient (Wildman–Crippen LogP) is 1.17. The van der Waals surface area contributed by atoms with Crippen LogP contribution in [0.2, 0.25) is 0 Å². The number of carbonyl (C=O) groups excluding carboxylic acids is 1. The van der Waals surface area contributed by atoms with Gasteiger partial charge >= 0.3 is 0 Å². The van der Waals surface area contributed by atoms with Crippen LogP contribution in [0.15, 0.2) is 10.6 Å². The number of aryl methyl sites for hydroxylation is 1. The van der Waals surface area contributed by atoms with Crippen molar-refractivity contribution in [3.8, 4) is 0 Å². The molecule has 0 aliphatic heterocycles. The highest BCUT2D eigenvalue weighted by atomic mass is 16.5. The molecule has 0 bridgehead atoms. The van der Waals surface area contributed by atoms with E-state index in [4.69, 9.17) is 10.3 Å². The van der Waals surface area contributed by atoms with Crippen LogP contribution in [0.3, 0.4) is 0 Å². The first-order valence-electron chi connectivity index (χ1n) is 5.83. The molecule has 1 amide bonds. The van der Waals surface area contributed by atoms with Gasteiger partial charge in [0.1, 0.15) is 11.5 Å². The number of hydrogen-bond acceptors (Lipinski definition) is 4. The number of hydrogen-bond donors (Lipinski definition) is 1. The van der Waals surface area contributed by atoms with E-state index in [0.717, 1.165) is 11.5 Å². The van der Waals surface area contributed by atoms with Crippen LogP contribution in [0.1, 0.15) is 25.3 Å². The van der Waals surface area contributed by atoms with Gasteiger partial charge in [0.05, 0.1) is 12.5 Å². The summed E-state index contributed by atoms with van der Waals surface area (Å²) in [6.45, 7) is 6.67. The molecule has 1 rings (SSSR count). The average molecular weight is 239 g/mol. The van der Waals surface area contributed by atoms with Gasteiger partial charge in [0.2, 0.25) is 5.91 Å². The quantitative estimate of drug-likeness (QED) is 0.837. The van der Waals surface area contributed by atoms with Gasteiger partial charge in [-0.05, 0) is 12.8 Å². The van der Waals surface area contributed by atoms with E-state index in [1.807, 2.05) is 26.8 Å². The lowest BCUT2D eigenvalue weighted by Crippen LogP contribution is -2.38. The molecule has 0 saturated carbocycles. The Labute approximate surface area is 102 Å². The Kier molecular flexibility index (Phi) is 4.69. The largest absolute Gasteiger partial charge is 0.361 e. The zero-order valence-electron chi connectivity index (χ0n) is 10.9. The Bertz CT molecular complexity index is 374. The van der Waals surface area contributed by atoms with Crippen molar-refractivity contribution >= 4 is 5.91 Å². The van der Waals surface area contributed by atoms with Crippen LogP contribution in [-0.2, 0) is 11.3 Å². The van der Waals surface area contributed by atoms with Crippen molar-refractivity contribution < 1.29 is 9.32 Å². The average Bonchev–Trinajstić information content (AvgIpc) is 2.64. The molecule has 0 radical (unpaired) electrons. The molecule has 0 spiro atoms. The lowest BCUT2D eigenvalue weighted by molar-refractivity contribution is -0.135.